The van der Waals surface area contributed by atoms with Crippen LogP contribution < -0.4 is 5.32 Å². The molecule has 0 saturated carbocycles. The molecule has 2 aliphatic heterocycles. The van der Waals surface area contributed by atoms with Crippen molar-refractivity contribution in [1.82, 2.24) is 4.90 Å². The molecule has 21 heavy (non-hydrogen) atoms. The van der Waals surface area contributed by atoms with Crippen molar-refractivity contribution in [3.63, 3.8) is 0 Å². The summed E-state index contributed by atoms with van der Waals surface area (Å²) in [6, 6.07) is 14.0. The molecule has 106 valence electrons. The average Bonchev–Trinajstić information content (AvgIpc) is 2.68. The minimum absolute atomic E-state index is 0.0360. The highest BCUT2D eigenvalue weighted by Gasteiger charge is 2.35. The summed E-state index contributed by atoms with van der Waals surface area (Å²) in [5.74, 6) is 0.188. The number of nitrogens with one attached hydrogen (secondary N) is 1. The first-order valence-electron chi connectivity index (χ1n) is 7.14. The van der Waals surface area contributed by atoms with Gasteiger partial charge in [0.25, 0.3) is 0 Å². The number of benzene rings is 2. The number of carbonyl (C=O) groups is 1. The fraction of sp³-hybridized carbons (Fsp3) is 0.235. The Hall–Kier alpha value is -2.00. The van der Waals surface area contributed by atoms with Crippen molar-refractivity contribution in [3.05, 3.63) is 64.2 Å². The Morgan fingerprint density at radius 3 is 2.90 bits per heavy atom. The predicted octanol–water partition coefficient (Wildman–Crippen LogP) is 3.24. The van der Waals surface area contributed by atoms with Crippen molar-refractivity contribution in [3.8, 4) is 0 Å². The van der Waals surface area contributed by atoms with Gasteiger partial charge in [-0.2, -0.15) is 0 Å². The summed E-state index contributed by atoms with van der Waals surface area (Å²) in [4.78, 5) is 14.5. The number of rotatable bonds is 0. The smallest absolute Gasteiger partial charge is 0.227 e. The molecular weight excluding hydrogens is 284 g/mol. The van der Waals surface area contributed by atoms with Gasteiger partial charge in [0.2, 0.25) is 5.91 Å². The van der Waals surface area contributed by atoms with Gasteiger partial charge in [0.05, 0.1) is 12.5 Å². The van der Waals surface area contributed by atoms with E-state index in [9.17, 15) is 4.79 Å². The zero-order valence-corrected chi connectivity index (χ0v) is 12.2. The summed E-state index contributed by atoms with van der Waals surface area (Å²) in [5.41, 5.74) is 4.48. The molecule has 0 aliphatic carbocycles. The van der Waals surface area contributed by atoms with Gasteiger partial charge in [0.15, 0.2) is 0 Å². The highest BCUT2D eigenvalue weighted by Crippen LogP contribution is 2.40. The highest BCUT2D eigenvalue weighted by molar-refractivity contribution is 6.30. The predicted molar refractivity (Wildman–Crippen MR) is 83.6 cm³/mol. The molecule has 3 nitrogen and oxygen atoms in total. The van der Waals surface area contributed by atoms with Crippen molar-refractivity contribution in [2.24, 2.45) is 0 Å². The van der Waals surface area contributed by atoms with Gasteiger partial charge in [-0.1, -0.05) is 35.9 Å². The van der Waals surface area contributed by atoms with Crippen molar-refractivity contribution in [1.29, 1.82) is 0 Å². The second-order valence-electron chi connectivity index (χ2n) is 5.52. The van der Waals surface area contributed by atoms with Crippen molar-refractivity contribution in [2.75, 3.05) is 18.4 Å². The molecule has 1 amide bonds. The van der Waals surface area contributed by atoms with Crippen molar-refractivity contribution >= 4 is 23.2 Å². The fourth-order valence-corrected chi connectivity index (χ4v) is 3.53. The Bertz CT molecular complexity index is 728. The van der Waals surface area contributed by atoms with E-state index in [4.69, 9.17) is 11.6 Å². The van der Waals surface area contributed by atoms with Gasteiger partial charge in [0.1, 0.15) is 0 Å². The molecule has 2 heterocycles. The Kier molecular flexibility index (Phi) is 2.89. The average molecular weight is 299 g/mol. The van der Waals surface area contributed by atoms with E-state index in [-0.39, 0.29) is 11.9 Å². The summed E-state index contributed by atoms with van der Waals surface area (Å²) in [6.07, 6.45) is 0.463. The zero-order chi connectivity index (χ0) is 14.4. The highest BCUT2D eigenvalue weighted by atomic mass is 35.5. The lowest BCUT2D eigenvalue weighted by atomic mass is 9.87. The van der Waals surface area contributed by atoms with Gasteiger partial charge in [-0.25, -0.2) is 0 Å². The lowest BCUT2D eigenvalue weighted by Gasteiger charge is -2.36. The second-order valence-corrected chi connectivity index (χ2v) is 5.96. The van der Waals surface area contributed by atoms with E-state index in [1.807, 2.05) is 35.2 Å². The molecule has 2 aliphatic rings. The Balaban J connectivity index is 1.96. The van der Waals surface area contributed by atoms with Crippen LogP contribution in [0.3, 0.4) is 0 Å². The van der Waals surface area contributed by atoms with Crippen LogP contribution in [0.4, 0.5) is 5.69 Å². The molecule has 4 heteroatoms. The maximum absolute atomic E-state index is 12.5. The maximum atomic E-state index is 12.5. The van der Waals surface area contributed by atoms with E-state index in [0.29, 0.717) is 13.0 Å². The summed E-state index contributed by atoms with van der Waals surface area (Å²) >= 11 is 6.19. The monoisotopic (exact) mass is 298 g/mol. The largest absolute Gasteiger partial charge is 0.383 e. The third kappa shape index (κ3) is 2.00. The van der Waals surface area contributed by atoms with Crippen LogP contribution in [-0.2, 0) is 11.2 Å². The van der Waals surface area contributed by atoms with Crippen LogP contribution in [0.5, 0.6) is 0 Å². The summed E-state index contributed by atoms with van der Waals surface area (Å²) in [7, 11) is 0. The van der Waals surface area contributed by atoms with E-state index in [1.54, 1.807) is 0 Å². The normalized spacial score (nSPS) is 20.0. The number of carbonyl (C=O) groups excluding carboxylic acids is 1. The van der Waals surface area contributed by atoms with E-state index in [1.165, 1.54) is 0 Å². The molecule has 1 N–H and O–H groups in total. The third-order valence-corrected chi connectivity index (χ3v) is 4.53. The number of fused-ring (bicyclic) bond motifs is 5. The molecule has 2 aromatic rings. The van der Waals surface area contributed by atoms with E-state index >= 15 is 0 Å². The first kappa shape index (κ1) is 12.7. The second kappa shape index (κ2) is 4.78. The lowest BCUT2D eigenvalue weighted by Crippen LogP contribution is -2.41. The Morgan fingerprint density at radius 2 is 2.00 bits per heavy atom. The molecular formula is C17H15ClN2O. The van der Waals surface area contributed by atoms with Crippen LogP contribution >= 0.6 is 11.6 Å². The van der Waals surface area contributed by atoms with Crippen LogP contribution in [0.2, 0.25) is 5.02 Å². The van der Waals surface area contributed by atoms with Gasteiger partial charge >= 0.3 is 0 Å². The number of amides is 1. The van der Waals surface area contributed by atoms with Gasteiger partial charge in [-0.15, -0.1) is 0 Å². The molecule has 0 aromatic heterocycles. The summed E-state index contributed by atoms with van der Waals surface area (Å²) in [5, 5.41) is 4.14. The minimum atomic E-state index is -0.0360. The molecule has 0 radical (unpaired) electrons. The molecule has 4 rings (SSSR count). The SMILES string of the molecule is O=C1Cc2ccc(Cl)cc2[C@@H]2c3ccccc3NCCN12. The van der Waals surface area contributed by atoms with E-state index in [0.717, 1.165) is 33.9 Å². The van der Waals surface area contributed by atoms with Gasteiger partial charge < -0.3 is 10.2 Å². The van der Waals surface area contributed by atoms with Crippen LogP contribution in [0.15, 0.2) is 42.5 Å². The number of hydrogen-bond acceptors (Lipinski definition) is 2. The van der Waals surface area contributed by atoms with Crippen LogP contribution in [0.25, 0.3) is 0 Å². The van der Waals surface area contributed by atoms with Gasteiger partial charge in [-0.3, -0.25) is 4.79 Å². The maximum Gasteiger partial charge on any atom is 0.227 e. The molecule has 0 saturated heterocycles. The van der Waals surface area contributed by atoms with Gasteiger partial charge in [-0.05, 0) is 29.3 Å². The standard InChI is InChI=1S/C17H15ClN2O/c18-12-6-5-11-9-16(21)20-8-7-19-15-4-2-1-3-13(15)17(20)14(11)10-12/h1-6,10,17,19H,7-9H2/t17-/m0/s1. The zero-order valence-electron chi connectivity index (χ0n) is 11.5. The topological polar surface area (TPSA) is 32.3 Å². The molecule has 2 aromatic carbocycles. The number of anilines is 1. The number of para-hydroxylation sites is 1. The Morgan fingerprint density at radius 1 is 1.14 bits per heavy atom. The number of halogens is 1. The quantitative estimate of drug-likeness (QED) is 0.810. The van der Waals surface area contributed by atoms with Crippen molar-refractivity contribution in [2.45, 2.75) is 12.5 Å². The number of nitrogens with zero attached hydrogens (tertiary/aromatic N) is 1. The molecule has 0 fully saturated rings. The fourth-order valence-electron chi connectivity index (χ4n) is 3.35. The molecule has 1 atom stereocenters. The summed E-state index contributed by atoms with van der Waals surface area (Å²) < 4.78 is 0. The van der Waals surface area contributed by atoms with Crippen LogP contribution in [0.1, 0.15) is 22.7 Å². The summed E-state index contributed by atoms with van der Waals surface area (Å²) in [6.45, 7) is 1.49. The van der Waals surface area contributed by atoms with E-state index in [2.05, 4.69) is 17.4 Å². The number of hydrogen-bond donors (Lipinski definition) is 1. The Labute approximate surface area is 128 Å². The van der Waals surface area contributed by atoms with Crippen molar-refractivity contribution < 1.29 is 4.79 Å². The van der Waals surface area contributed by atoms with Crippen LogP contribution in [0, 0.1) is 0 Å². The molecule has 0 spiro atoms. The minimum Gasteiger partial charge on any atom is -0.383 e. The third-order valence-electron chi connectivity index (χ3n) is 4.30. The van der Waals surface area contributed by atoms with Gasteiger partial charge in [0, 0.05) is 29.4 Å². The first-order valence-corrected chi connectivity index (χ1v) is 7.52. The molecule has 0 bridgehead atoms. The lowest BCUT2D eigenvalue weighted by molar-refractivity contribution is -0.132. The van der Waals surface area contributed by atoms with Crippen LogP contribution in [-0.4, -0.2) is 23.9 Å². The van der Waals surface area contributed by atoms with E-state index < -0.39 is 0 Å². The first-order chi connectivity index (χ1) is 10.2. The molecule has 0 unspecified atom stereocenters.